The molecule has 1 saturated carbocycles. The van der Waals surface area contributed by atoms with Crippen LogP contribution in [0.2, 0.25) is 0 Å². The maximum absolute atomic E-state index is 13.9. The van der Waals surface area contributed by atoms with Gasteiger partial charge in [0.15, 0.2) is 0 Å². The number of sulfonamides is 1. The summed E-state index contributed by atoms with van der Waals surface area (Å²) in [6.45, 7) is 1.64. The second-order valence-electron chi connectivity index (χ2n) is 9.58. The molecule has 4 aromatic rings. The van der Waals surface area contributed by atoms with Crippen LogP contribution in [0, 0.1) is 0 Å². The number of nitrogens with two attached hydrogens (primary N) is 1. The lowest BCUT2D eigenvalue weighted by Gasteiger charge is -2.27. The number of pyridine rings is 1. The predicted octanol–water partition coefficient (Wildman–Crippen LogP) is 3.48. The number of benzene rings is 2. The molecule has 0 saturated heterocycles. The van der Waals surface area contributed by atoms with Gasteiger partial charge in [-0.05, 0) is 66.9 Å². The van der Waals surface area contributed by atoms with Crippen LogP contribution in [0.5, 0.6) is 5.75 Å². The molecule has 2 heterocycles. The Morgan fingerprint density at radius 3 is 2.62 bits per heavy atom. The summed E-state index contributed by atoms with van der Waals surface area (Å²) < 4.78 is 41.2. The van der Waals surface area contributed by atoms with E-state index in [2.05, 4.69) is 9.71 Å². The molecule has 1 aliphatic rings. The van der Waals surface area contributed by atoms with Gasteiger partial charge in [-0.3, -0.25) is 9.59 Å². The lowest BCUT2D eigenvalue weighted by molar-refractivity contribution is -0.149. The number of esters is 1. The highest BCUT2D eigenvalue weighted by atomic mass is 32.2. The third-order valence-corrected chi connectivity index (χ3v) is 9.32. The molecule has 40 heavy (non-hydrogen) atoms. The fourth-order valence-corrected chi connectivity index (χ4v) is 6.92. The van der Waals surface area contributed by atoms with Crippen LogP contribution in [-0.2, 0) is 30.8 Å². The standard InChI is InChI=1S/C28H30N4O6S2/c1-3-38-26(33)16-32(19-6-7-19)28(34)24(15-21-14-23-25(39-21)10-11-30-27(23)29)31-40(35,36)22-9-5-17-4-8-20(37-2)12-18(17)13-22/h4-5,8-14,19,24,31H,3,6-7,15-16H2,1-2H3,(H2,29,30). The fourth-order valence-electron chi connectivity index (χ4n) is 4.59. The first-order chi connectivity index (χ1) is 19.2. The number of ether oxygens (including phenoxy) is 2. The van der Waals surface area contributed by atoms with Crippen molar-refractivity contribution in [3.05, 3.63) is 59.6 Å². The van der Waals surface area contributed by atoms with E-state index in [1.54, 1.807) is 44.5 Å². The normalized spacial score (nSPS) is 14.2. The van der Waals surface area contributed by atoms with Crippen molar-refractivity contribution < 1.29 is 27.5 Å². The van der Waals surface area contributed by atoms with Crippen LogP contribution in [0.15, 0.2) is 59.6 Å². The van der Waals surface area contributed by atoms with Gasteiger partial charge in [0.25, 0.3) is 0 Å². The van der Waals surface area contributed by atoms with Crippen LogP contribution in [0.4, 0.5) is 5.82 Å². The topological polar surface area (TPSA) is 141 Å². The third kappa shape index (κ3) is 6.03. The number of nitrogens with one attached hydrogen (secondary N) is 1. The molecule has 1 aliphatic carbocycles. The zero-order valence-electron chi connectivity index (χ0n) is 22.1. The van der Waals surface area contributed by atoms with Gasteiger partial charge < -0.3 is 20.1 Å². The number of rotatable bonds is 11. The van der Waals surface area contributed by atoms with E-state index in [1.165, 1.54) is 22.3 Å². The summed E-state index contributed by atoms with van der Waals surface area (Å²) in [6, 6.07) is 12.5. The molecule has 3 N–H and O–H groups in total. The Kier molecular flexibility index (Phi) is 7.92. The van der Waals surface area contributed by atoms with E-state index in [0.717, 1.165) is 33.2 Å². The minimum Gasteiger partial charge on any atom is -0.497 e. The molecule has 0 radical (unpaired) electrons. The first-order valence-electron chi connectivity index (χ1n) is 12.9. The summed E-state index contributed by atoms with van der Waals surface area (Å²) in [6.07, 6.45) is 3.15. The molecule has 0 aliphatic heterocycles. The predicted molar refractivity (Wildman–Crippen MR) is 154 cm³/mol. The van der Waals surface area contributed by atoms with Gasteiger partial charge in [0.2, 0.25) is 15.9 Å². The summed E-state index contributed by atoms with van der Waals surface area (Å²) in [5.74, 6) is -0.0590. The molecule has 1 unspecified atom stereocenters. The molecular weight excluding hydrogens is 552 g/mol. The average molecular weight is 583 g/mol. The van der Waals surface area contributed by atoms with Gasteiger partial charge in [0, 0.05) is 33.6 Å². The maximum atomic E-state index is 13.9. The number of carbonyl (C=O) groups excluding carboxylic acids is 2. The van der Waals surface area contributed by atoms with E-state index in [4.69, 9.17) is 15.2 Å². The van der Waals surface area contributed by atoms with Crippen LogP contribution < -0.4 is 15.2 Å². The monoisotopic (exact) mass is 582 g/mol. The van der Waals surface area contributed by atoms with Crippen molar-refractivity contribution in [2.75, 3.05) is 26.0 Å². The quantitative estimate of drug-likeness (QED) is 0.256. The Morgan fingerprint density at radius 2 is 1.93 bits per heavy atom. The van der Waals surface area contributed by atoms with Crippen molar-refractivity contribution in [3.8, 4) is 5.75 Å². The van der Waals surface area contributed by atoms with Crippen molar-refractivity contribution in [2.45, 2.75) is 43.2 Å². The Hall–Kier alpha value is -3.74. The molecule has 1 amide bonds. The number of methoxy groups -OCH3 is 1. The van der Waals surface area contributed by atoms with E-state index in [-0.39, 0.29) is 30.5 Å². The van der Waals surface area contributed by atoms with Gasteiger partial charge in [-0.2, -0.15) is 4.72 Å². The summed E-state index contributed by atoms with van der Waals surface area (Å²) in [7, 11) is -2.60. The Labute approximate surface area is 236 Å². The second kappa shape index (κ2) is 11.4. The Bertz CT molecular complexity index is 1680. The highest BCUT2D eigenvalue weighted by Gasteiger charge is 2.39. The van der Waals surface area contributed by atoms with Crippen LogP contribution in [-0.4, -0.2) is 62.5 Å². The summed E-state index contributed by atoms with van der Waals surface area (Å²) in [5.41, 5.74) is 6.03. The number of nitrogens with zero attached hydrogens (tertiary/aromatic N) is 2. The minimum absolute atomic E-state index is 0.0132. The SMILES string of the molecule is CCOC(=O)CN(C(=O)C(Cc1cc2c(N)nccc2s1)NS(=O)(=O)c1ccc2ccc(OC)cc2c1)C1CC1. The van der Waals surface area contributed by atoms with Crippen LogP contribution >= 0.6 is 11.3 Å². The molecule has 2 aromatic carbocycles. The molecule has 2 aromatic heterocycles. The maximum Gasteiger partial charge on any atom is 0.325 e. The first kappa shape index (κ1) is 27.8. The minimum atomic E-state index is -4.14. The molecule has 10 nitrogen and oxygen atoms in total. The van der Waals surface area contributed by atoms with Gasteiger partial charge in [-0.1, -0.05) is 12.1 Å². The second-order valence-corrected chi connectivity index (χ2v) is 12.5. The number of carbonyl (C=O) groups is 2. The van der Waals surface area contributed by atoms with Crippen molar-refractivity contribution in [1.82, 2.24) is 14.6 Å². The molecule has 12 heteroatoms. The first-order valence-corrected chi connectivity index (χ1v) is 15.2. The van der Waals surface area contributed by atoms with Crippen molar-refractivity contribution in [1.29, 1.82) is 0 Å². The molecule has 0 bridgehead atoms. The lowest BCUT2D eigenvalue weighted by Crippen LogP contribution is -2.51. The van der Waals surface area contributed by atoms with E-state index < -0.39 is 27.9 Å². The lowest BCUT2D eigenvalue weighted by atomic mass is 10.1. The highest BCUT2D eigenvalue weighted by Crippen LogP contribution is 2.32. The summed E-state index contributed by atoms with van der Waals surface area (Å²) in [5, 5.41) is 2.27. The van der Waals surface area contributed by atoms with Crippen molar-refractivity contribution in [2.24, 2.45) is 0 Å². The molecular formula is C28H30N4O6S2. The molecule has 1 atom stereocenters. The van der Waals surface area contributed by atoms with E-state index in [9.17, 15) is 18.0 Å². The summed E-state index contributed by atoms with van der Waals surface area (Å²) in [4.78, 5) is 32.5. The highest BCUT2D eigenvalue weighted by molar-refractivity contribution is 7.89. The number of hydrogen-bond acceptors (Lipinski definition) is 9. The number of aromatic nitrogens is 1. The smallest absolute Gasteiger partial charge is 0.325 e. The molecule has 0 spiro atoms. The van der Waals surface area contributed by atoms with Crippen LogP contribution in [0.1, 0.15) is 24.6 Å². The summed E-state index contributed by atoms with van der Waals surface area (Å²) >= 11 is 1.41. The van der Waals surface area contributed by atoms with Crippen molar-refractivity contribution >= 4 is 59.9 Å². The van der Waals surface area contributed by atoms with Crippen LogP contribution in [0.25, 0.3) is 20.9 Å². The number of anilines is 1. The van der Waals surface area contributed by atoms with Gasteiger partial charge >= 0.3 is 5.97 Å². The van der Waals surface area contributed by atoms with E-state index >= 15 is 0 Å². The Morgan fingerprint density at radius 1 is 1.15 bits per heavy atom. The molecule has 5 rings (SSSR count). The molecule has 210 valence electrons. The zero-order valence-corrected chi connectivity index (χ0v) is 23.8. The zero-order chi connectivity index (χ0) is 28.4. The number of nitrogen functional groups attached to an aromatic ring is 1. The van der Waals surface area contributed by atoms with Gasteiger partial charge in [-0.15, -0.1) is 11.3 Å². The van der Waals surface area contributed by atoms with Gasteiger partial charge in [0.05, 0.1) is 18.6 Å². The average Bonchev–Trinajstić information content (AvgIpc) is 3.69. The third-order valence-electron chi connectivity index (χ3n) is 6.73. The number of hydrogen-bond donors (Lipinski definition) is 2. The largest absolute Gasteiger partial charge is 0.497 e. The van der Waals surface area contributed by atoms with Crippen LogP contribution in [0.3, 0.4) is 0 Å². The number of fused-ring (bicyclic) bond motifs is 2. The molecule has 1 fully saturated rings. The fraction of sp³-hybridized carbons (Fsp3) is 0.321. The van der Waals surface area contributed by atoms with Crippen molar-refractivity contribution in [3.63, 3.8) is 0 Å². The van der Waals surface area contributed by atoms with E-state index in [1.807, 2.05) is 18.2 Å². The number of amides is 1. The Balaban J connectivity index is 1.49. The number of thiophene rings is 1. The van der Waals surface area contributed by atoms with Gasteiger partial charge in [0.1, 0.15) is 24.2 Å². The van der Waals surface area contributed by atoms with E-state index in [0.29, 0.717) is 17.0 Å². The van der Waals surface area contributed by atoms with Gasteiger partial charge in [-0.25, -0.2) is 13.4 Å².